The van der Waals surface area contributed by atoms with E-state index in [0.29, 0.717) is 29.5 Å². The van der Waals surface area contributed by atoms with Gasteiger partial charge in [-0.25, -0.2) is 0 Å². The molecule has 4 N–H and O–H groups in total. The Morgan fingerprint density at radius 2 is 2.35 bits per heavy atom. The van der Waals surface area contributed by atoms with Crippen molar-refractivity contribution in [3.05, 3.63) is 35.0 Å². The number of rotatable bonds is 6. The molecule has 0 saturated carbocycles. The van der Waals surface area contributed by atoms with E-state index in [9.17, 15) is 4.79 Å². The number of carbonyl (C=O) groups excluding carboxylic acids is 1. The first-order valence-electron chi connectivity index (χ1n) is 5.77. The Hall–Kier alpha value is -2.23. The van der Waals surface area contributed by atoms with Gasteiger partial charge in [-0.2, -0.15) is 5.26 Å². The average molecular weight is 295 g/mol. The first kappa shape index (κ1) is 15.8. The van der Waals surface area contributed by atoms with Crippen molar-refractivity contribution in [3.63, 3.8) is 0 Å². The highest BCUT2D eigenvalue weighted by Crippen LogP contribution is 2.22. The lowest BCUT2D eigenvalue weighted by atomic mass is 10.2. The van der Waals surface area contributed by atoms with E-state index in [0.717, 1.165) is 0 Å². The molecule has 6 nitrogen and oxygen atoms in total. The molecule has 1 rings (SSSR count). The Balaban J connectivity index is 2.67. The lowest BCUT2D eigenvalue weighted by Gasteiger charge is -2.06. The number of hydrogen-bond acceptors (Lipinski definition) is 5. The molecule has 0 aliphatic carbocycles. The minimum Gasteiger partial charge on any atom is -0.398 e. The molecule has 0 saturated heterocycles. The van der Waals surface area contributed by atoms with Gasteiger partial charge in [0, 0.05) is 25.5 Å². The molecule has 0 atom stereocenters. The second-order valence-corrected chi connectivity index (χ2v) is 4.21. The summed E-state index contributed by atoms with van der Waals surface area (Å²) in [6, 6.07) is 6.51. The number of nitrogens with two attached hydrogens (primary N) is 1. The molecule has 1 aromatic rings. The molecule has 0 aromatic heterocycles. The van der Waals surface area contributed by atoms with Crippen LogP contribution in [0.5, 0.6) is 0 Å². The quantitative estimate of drug-likeness (QED) is 0.319. The zero-order valence-electron chi connectivity index (χ0n) is 10.9. The summed E-state index contributed by atoms with van der Waals surface area (Å²) >= 11 is 5.85. The molecule has 0 unspecified atom stereocenters. The molecule has 0 fully saturated rings. The van der Waals surface area contributed by atoms with Crippen LogP contribution in [0, 0.1) is 11.3 Å². The Kier molecular flexibility index (Phi) is 6.37. The van der Waals surface area contributed by atoms with Crippen LogP contribution in [-0.2, 0) is 9.53 Å². The average Bonchev–Trinajstić information content (AvgIpc) is 2.43. The van der Waals surface area contributed by atoms with E-state index < -0.39 is 5.91 Å². The monoisotopic (exact) mass is 294 g/mol. The van der Waals surface area contributed by atoms with Crippen molar-refractivity contribution < 1.29 is 9.53 Å². The SMILES string of the molecule is COCCN/C=C(/C#N)C(=O)Nc1ccc(N)c(Cl)c1. The highest BCUT2D eigenvalue weighted by atomic mass is 35.5. The lowest BCUT2D eigenvalue weighted by Crippen LogP contribution is -2.18. The van der Waals surface area contributed by atoms with Crippen molar-refractivity contribution in [2.75, 3.05) is 31.3 Å². The summed E-state index contributed by atoms with van der Waals surface area (Å²) in [7, 11) is 1.56. The van der Waals surface area contributed by atoms with E-state index in [1.807, 2.05) is 6.07 Å². The Bertz CT molecular complexity index is 552. The lowest BCUT2D eigenvalue weighted by molar-refractivity contribution is -0.112. The standard InChI is InChI=1S/C13H15ClN4O2/c1-20-5-4-17-8-9(7-15)13(19)18-10-2-3-12(16)11(14)6-10/h2-3,6,8,17H,4-5,16H2,1H3,(H,18,19)/b9-8-. The first-order chi connectivity index (χ1) is 9.58. The van der Waals surface area contributed by atoms with Crippen molar-refractivity contribution >= 4 is 28.9 Å². The fraction of sp³-hybridized carbons (Fsp3) is 0.231. The smallest absolute Gasteiger partial charge is 0.267 e. The molecule has 20 heavy (non-hydrogen) atoms. The number of nitrogens with zero attached hydrogens (tertiary/aromatic N) is 1. The number of methoxy groups -OCH3 is 1. The number of amides is 1. The Morgan fingerprint density at radius 1 is 1.60 bits per heavy atom. The number of nitrogens with one attached hydrogen (secondary N) is 2. The summed E-state index contributed by atoms with van der Waals surface area (Å²) < 4.78 is 4.84. The maximum atomic E-state index is 11.9. The van der Waals surface area contributed by atoms with Gasteiger partial charge in [-0.1, -0.05) is 11.6 Å². The summed E-state index contributed by atoms with van der Waals surface area (Å²) in [5, 5.41) is 14.6. The van der Waals surface area contributed by atoms with E-state index >= 15 is 0 Å². The molecule has 1 amide bonds. The molecule has 0 aliphatic heterocycles. The van der Waals surface area contributed by atoms with Crippen molar-refractivity contribution in [3.8, 4) is 6.07 Å². The predicted molar refractivity (Wildman–Crippen MR) is 78.1 cm³/mol. The van der Waals surface area contributed by atoms with Crippen molar-refractivity contribution in [1.82, 2.24) is 5.32 Å². The van der Waals surface area contributed by atoms with E-state index in [1.165, 1.54) is 12.3 Å². The van der Waals surface area contributed by atoms with Crippen LogP contribution in [0.3, 0.4) is 0 Å². The molecular formula is C13H15ClN4O2. The fourth-order valence-corrected chi connectivity index (χ4v) is 1.47. The zero-order chi connectivity index (χ0) is 15.0. The van der Waals surface area contributed by atoms with Gasteiger partial charge in [-0.3, -0.25) is 4.79 Å². The first-order valence-corrected chi connectivity index (χ1v) is 6.15. The molecule has 1 aromatic carbocycles. The minimum absolute atomic E-state index is 0.0472. The van der Waals surface area contributed by atoms with Gasteiger partial charge in [0.2, 0.25) is 0 Å². The third kappa shape index (κ3) is 4.80. The van der Waals surface area contributed by atoms with Crippen LogP contribution in [0.4, 0.5) is 11.4 Å². The molecule has 0 radical (unpaired) electrons. The van der Waals surface area contributed by atoms with E-state index in [2.05, 4.69) is 10.6 Å². The van der Waals surface area contributed by atoms with E-state index in [-0.39, 0.29) is 5.57 Å². The number of benzene rings is 1. The number of carbonyl (C=O) groups is 1. The number of anilines is 2. The van der Waals surface area contributed by atoms with Crippen molar-refractivity contribution in [1.29, 1.82) is 5.26 Å². The van der Waals surface area contributed by atoms with Crippen LogP contribution in [0.2, 0.25) is 5.02 Å². The molecule has 0 spiro atoms. The fourth-order valence-electron chi connectivity index (χ4n) is 1.29. The van der Waals surface area contributed by atoms with Gasteiger partial charge < -0.3 is 21.1 Å². The van der Waals surface area contributed by atoms with Crippen LogP contribution in [0.15, 0.2) is 30.0 Å². The summed E-state index contributed by atoms with van der Waals surface area (Å²) in [6.07, 6.45) is 1.34. The molecule has 0 bridgehead atoms. The summed E-state index contributed by atoms with van der Waals surface area (Å²) in [6.45, 7) is 0.979. The van der Waals surface area contributed by atoms with Gasteiger partial charge in [0.1, 0.15) is 11.6 Å². The molecular weight excluding hydrogens is 280 g/mol. The second-order valence-electron chi connectivity index (χ2n) is 3.81. The zero-order valence-corrected chi connectivity index (χ0v) is 11.7. The predicted octanol–water partition coefficient (Wildman–Crippen LogP) is 1.50. The summed E-state index contributed by atoms with van der Waals surface area (Å²) in [5.74, 6) is -0.529. The maximum absolute atomic E-state index is 11.9. The highest BCUT2D eigenvalue weighted by Gasteiger charge is 2.09. The minimum atomic E-state index is -0.529. The molecule has 7 heteroatoms. The van der Waals surface area contributed by atoms with Gasteiger partial charge >= 0.3 is 0 Å². The topological polar surface area (TPSA) is 100 Å². The molecule has 0 aliphatic rings. The van der Waals surface area contributed by atoms with Crippen molar-refractivity contribution in [2.24, 2.45) is 0 Å². The van der Waals surface area contributed by atoms with Gasteiger partial charge in [-0.15, -0.1) is 0 Å². The van der Waals surface area contributed by atoms with Gasteiger partial charge in [-0.05, 0) is 18.2 Å². The third-order valence-corrected chi connectivity index (χ3v) is 2.65. The second kappa shape index (κ2) is 8.04. The number of nitriles is 1. The van der Waals surface area contributed by atoms with Gasteiger partial charge in [0.15, 0.2) is 0 Å². The maximum Gasteiger partial charge on any atom is 0.267 e. The number of ether oxygens (including phenoxy) is 1. The molecule has 106 valence electrons. The third-order valence-electron chi connectivity index (χ3n) is 2.32. The summed E-state index contributed by atoms with van der Waals surface area (Å²) in [4.78, 5) is 11.9. The van der Waals surface area contributed by atoms with Gasteiger partial charge in [0.05, 0.1) is 17.3 Å². The van der Waals surface area contributed by atoms with Crippen molar-refractivity contribution in [2.45, 2.75) is 0 Å². The molecule has 0 heterocycles. The van der Waals surface area contributed by atoms with Crippen LogP contribution in [-0.4, -0.2) is 26.2 Å². The Morgan fingerprint density at radius 3 is 2.95 bits per heavy atom. The van der Waals surface area contributed by atoms with Crippen LogP contribution >= 0.6 is 11.6 Å². The summed E-state index contributed by atoms with van der Waals surface area (Å²) in [5.41, 5.74) is 6.41. The number of nitrogen functional groups attached to an aromatic ring is 1. The van der Waals surface area contributed by atoms with Crippen LogP contribution in [0.25, 0.3) is 0 Å². The van der Waals surface area contributed by atoms with E-state index in [4.69, 9.17) is 27.3 Å². The van der Waals surface area contributed by atoms with Crippen LogP contribution < -0.4 is 16.4 Å². The largest absolute Gasteiger partial charge is 0.398 e. The normalized spacial score (nSPS) is 10.8. The Labute approximate surface area is 122 Å². The van der Waals surface area contributed by atoms with Gasteiger partial charge in [0.25, 0.3) is 5.91 Å². The number of halogens is 1. The number of hydrogen-bond donors (Lipinski definition) is 3. The van der Waals surface area contributed by atoms with E-state index in [1.54, 1.807) is 19.2 Å². The van der Waals surface area contributed by atoms with Crippen LogP contribution in [0.1, 0.15) is 0 Å². The highest BCUT2D eigenvalue weighted by molar-refractivity contribution is 6.33.